The van der Waals surface area contributed by atoms with E-state index in [4.69, 9.17) is 9.47 Å². The average Bonchev–Trinajstić information content (AvgIpc) is 2.88. The summed E-state index contributed by atoms with van der Waals surface area (Å²) in [5, 5.41) is -0.475. The maximum absolute atomic E-state index is 12.1. The summed E-state index contributed by atoms with van der Waals surface area (Å²) in [7, 11) is -1.78. The molecular weight excluding hydrogens is 258 g/mol. The van der Waals surface area contributed by atoms with E-state index in [9.17, 15) is 13.2 Å². The minimum Gasteiger partial charge on any atom is -0.454 e. The lowest BCUT2D eigenvalue weighted by Crippen LogP contribution is -2.45. The maximum Gasteiger partial charge on any atom is 0.333 e. The van der Waals surface area contributed by atoms with Crippen molar-refractivity contribution in [3.63, 3.8) is 0 Å². The van der Waals surface area contributed by atoms with Crippen LogP contribution in [0.15, 0.2) is 12.2 Å². The van der Waals surface area contributed by atoms with Gasteiger partial charge in [0.1, 0.15) is 11.4 Å². The van der Waals surface area contributed by atoms with E-state index >= 15 is 0 Å². The number of hydrogen-bond acceptors (Lipinski definition) is 5. The molecule has 3 aliphatic heterocycles. The van der Waals surface area contributed by atoms with E-state index in [0.29, 0.717) is 12.0 Å². The third kappa shape index (κ3) is 1.35. The zero-order valence-corrected chi connectivity index (χ0v) is 11.0. The molecule has 7 heteroatoms. The highest BCUT2D eigenvalue weighted by molar-refractivity contribution is 7.90. The van der Waals surface area contributed by atoms with Crippen molar-refractivity contribution in [1.29, 1.82) is 0 Å². The molecule has 0 aromatic heterocycles. The van der Waals surface area contributed by atoms with Gasteiger partial charge in [-0.05, 0) is 13.3 Å². The molecule has 0 amide bonds. The largest absolute Gasteiger partial charge is 0.454 e. The van der Waals surface area contributed by atoms with Crippen molar-refractivity contribution >= 4 is 16.0 Å². The highest BCUT2D eigenvalue weighted by Crippen LogP contribution is 2.48. The van der Waals surface area contributed by atoms with Crippen molar-refractivity contribution in [1.82, 2.24) is 4.31 Å². The van der Waals surface area contributed by atoms with Crippen LogP contribution in [-0.2, 0) is 24.3 Å². The van der Waals surface area contributed by atoms with Gasteiger partial charge in [-0.2, -0.15) is 4.31 Å². The van der Waals surface area contributed by atoms with Crippen LogP contribution in [0.4, 0.5) is 0 Å². The number of likely N-dealkylation sites (N-methyl/N-ethyl adjacent to an activating group) is 1. The molecule has 18 heavy (non-hydrogen) atoms. The van der Waals surface area contributed by atoms with Crippen LogP contribution in [0.3, 0.4) is 0 Å². The monoisotopic (exact) mass is 273 g/mol. The standard InChI is InChI=1S/C11H15NO5S/c1-5(2)11(13)17-9-6-4-7-10(16-6)8(9)12(3)18(7,14)15/h6-10H,1,4H2,2-3H3. The van der Waals surface area contributed by atoms with E-state index in [1.807, 2.05) is 0 Å². The zero-order valence-electron chi connectivity index (χ0n) is 10.2. The van der Waals surface area contributed by atoms with Crippen LogP contribution >= 0.6 is 0 Å². The lowest BCUT2D eigenvalue weighted by atomic mass is 9.92. The fraction of sp³-hybridized carbons (Fsp3) is 0.727. The van der Waals surface area contributed by atoms with Gasteiger partial charge in [-0.15, -0.1) is 0 Å². The molecule has 0 N–H and O–H groups in total. The highest BCUT2D eigenvalue weighted by atomic mass is 32.2. The molecule has 2 bridgehead atoms. The van der Waals surface area contributed by atoms with Gasteiger partial charge >= 0.3 is 5.97 Å². The molecule has 3 heterocycles. The van der Waals surface area contributed by atoms with Crippen LogP contribution in [-0.4, -0.2) is 55.3 Å². The fourth-order valence-corrected chi connectivity index (χ4v) is 5.09. The third-order valence-corrected chi connectivity index (χ3v) is 6.27. The summed E-state index contributed by atoms with van der Waals surface area (Å²) in [6, 6.07) is -0.387. The molecule has 5 atom stereocenters. The van der Waals surface area contributed by atoms with Gasteiger partial charge in [0.2, 0.25) is 10.0 Å². The first-order chi connectivity index (χ1) is 8.34. The van der Waals surface area contributed by atoms with Crippen molar-refractivity contribution in [3.05, 3.63) is 12.2 Å². The summed E-state index contributed by atoms with van der Waals surface area (Å²) >= 11 is 0. The number of rotatable bonds is 2. The van der Waals surface area contributed by atoms with E-state index in [1.165, 1.54) is 11.4 Å². The smallest absolute Gasteiger partial charge is 0.333 e. The number of hydrogen-bond donors (Lipinski definition) is 0. The SMILES string of the molecule is C=C(C)C(=O)OC1C2CC3C(O2)C1N(C)S3(=O)=O. The Labute approximate surface area is 106 Å². The number of carbonyl (C=O) groups is 1. The van der Waals surface area contributed by atoms with E-state index in [-0.39, 0.29) is 18.2 Å². The van der Waals surface area contributed by atoms with Gasteiger partial charge in [0.25, 0.3) is 0 Å². The molecule has 0 spiro atoms. The Balaban J connectivity index is 1.89. The fourth-order valence-electron chi connectivity index (χ4n) is 3.08. The van der Waals surface area contributed by atoms with Gasteiger partial charge in [-0.3, -0.25) is 0 Å². The molecule has 3 saturated heterocycles. The van der Waals surface area contributed by atoms with Crippen molar-refractivity contribution in [3.8, 4) is 0 Å². The molecule has 3 aliphatic rings. The lowest BCUT2D eigenvalue weighted by Gasteiger charge is -2.25. The van der Waals surface area contributed by atoms with Gasteiger partial charge < -0.3 is 9.47 Å². The Kier molecular flexibility index (Phi) is 2.39. The van der Waals surface area contributed by atoms with Crippen molar-refractivity contribution < 1.29 is 22.7 Å². The van der Waals surface area contributed by atoms with E-state index in [2.05, 4.69) is 6.58 Å². The van der Waals surface area contributed by atoms with Gasteiger partial charge in [0.15, 0.2) is 0 Å². The van der Waals surface area contributed by atoms with Crippen molar-refractivity contribution in [2.24, 2.45) is 0 Å². The first-order valence-electron chi connectivity index (χ1n) is 5.83. The summed E-state index contributed by atoms with van der Waals surface area (Å²) in [6.07, 6.45) is -0.791. The summed E-state index contributed by atoms with van der Waals surface area (Å²) in [6.45, 7) is 5.08. The van der Waals surface area contributed by atoms with Crippen LogP contribution in [0.1, 0.15) is 13.3 Å². The molecule has 3 fully saturated rings. The van der Waals surface area contributed by atoms with E-state index in [0.717, 1.165) is 0 Å². The van der Waals surface area contributed by atoms with Crippen LogP contribution in [0.2, 0.25) is 0 Å². The lowest BCUT2D eigenvalue weighted by molar-refractivity contribution is -0.148. The summed E-state index contributed by atoms with van der Waals surface area (Å²) in [4.78, 5) is 11.6. The quantitative estimate of drug-likeness (QED) is 0.508. The maximum atomic E-state index is 12.1. The van der Waals surface area contributed by atoms with Gasteiger partial charge in [0.05, 0.1) is 18.2 Å². The number of fused-ring (bicyclic) bond motifs is 1. The normalized spacial score (nSPS) is 44.2. The molecule has 3 rings (SSSR count). The molecule has 0 aromatic rings. The summed E-state index contributed by atoms with van der Waals surface area (Å²) < 4.78 is 36.4. The van der Waals surface area contributed by atoms with Gasteiger partial charge in [0, 0.05) is 12.6 Å². The van der Waals surface area contributed by atoms with Crippen LogP contribution in [0, 0.1) is 0 Å². The first kappa shape index (κ1) is 12.1. The summed E-state index contributed by atoms with van der Waals surface area (Å²) in [5.74, 6) is -0.495. The summed E-state index contributed by atoms with van der Waals surface area (Å²) in [5.41, 5.74) is 0.304. The minimum atomic E-state index is -3.30. The molecule has 0 aromatic carbocycles. The van der Waals surface area contributed by atoms with Crippen LogP contribution < -0.4 is 0 Å². The molecule has 0 saturated carbocycles. The van der Waals surface area contributed by atoms with Crippen molar-refractivity contribution in [2.75, 3.05) is 7.05 Å². The van der Waals surface area contributed by atoms with E-state index < -0.39 is 27.3 Å². The van der Waals surface area contributed by atoms with Crippen LogP contribution in [0.5, 0.6) is 0 Å². The topological polar surface area (TPSA) is 72.9 Å². The minimum absolute atomic E-state index is 0.304. The number of sulfonamides is 1. The number of ether oxygens (including phenoxy) is 2. The number of nitrogens with zero attached hydrogens (tertiary/aromatic N) is 1. The molecule has 5 unspecified atom stereocenters. The zero-order chi connectivity index (χ0) is 13.2. The Morgan fingerprint density at radius 2 is 2.17 bits per heavy atom. The van der Waals surface area contributed by atoms with Gasteiger partial charge in [-0.25, -0.2) is 13.2 Å². The van der Waals surface area contributed by atoms with Gasteiger partial charge in [-0.1, -0.05) is 6.58 Å². The molecular formula is C11H15NO5S. The highest BCUT2D eigenvalue weighted by Gasteiger charge is 2.68. The molecule has 6 nitrogen and oxygen atoms in total. The number of carbonyl (C=O) groups excluding carboxylic acids is 1. The first-order valence-corrected chi connectivity index (χ1v) is 7.33. The molecule has 0 radical (unpaired) electrons. The molecule has 100 valence electrons. The predicted octanol–water partition coefficient (Wildman–Crippen LogP) is -0.342. The second-order valence-electron chi connectivity index (χ2n) is 5.12. The second-order valence-corrected chi connectivity index (χ2v) is 7.33. The Hall–Kier alpha value is -0.920. The second kappa shape index (κ2) is 3.55. The Morgan fingerprint density at radius 3 is 2.78 bits per heavy atom. The van der Waals surface area contributed by atoms with Crippen molar-refractivity contribution in [2.45, 2.75) is 42.9 Å². The predicted molar refractivity (Wildman–Crippen MR) is 62.2 cm³/mol. The molecule has 0 aliphatic carbocycles. The third-order valence-electron chi connectivity index (χ3n) is 4.00. The van der Waals surface area contributed by atoms with E-state index in [1.54, 1.807) is 6.92 Å². The van der Waals surface area contributed by atoms with Crippen LogP contribution in [0.25, 0.3) is 0 Å². The average molecular weight is 273 g/mol. The Bertz CT molecular complexity index is 528. The Morgan fingerprint density at radius 1 is 1.50 bits per heavy atom. The number of esters is 1.